The first kappa shape index (κ1) is 13.5. The number of hydrogen-bond donors (Lipinski definition) is 3. The monoisotopic (exact) mass is 284 g/mol. The van der Waals surface area contributed by atoms with Crippen LogP contribution in [0.2, 0.25) is 0 Å². The number of nitrogens with one attached hydrogen (secondary N) is 2. The quantitative estimate of drug-likeness (QED) is 0.701. The maximum atomic E-state index is 11.9. The van der Waals surface area contributed by atoms with Gasteiger partial charge in [0, 0.05) is 12.2 Å². The predicted octanol–water partition coefficient (Wildman–Crippen LogP) is -0.0658. The van der Waals surface area contributed by atoms with Gasteiger partial charge in [-0.2, -0.15) is 0 Å². The van der Waals surface area contributed by atoms with Crippen LogP contribution in [0.25, 0.3) is 0 Å². The van der Waals surface area contributed by atoms with Crippen LogP contribution in [0.5, 0.6) is 0 Å². The van der Waals surface area contributed by atoms with E-state index in [9.17, 15) is 18.0 Å². The SMILES string of the molecule is O=C(O)CCNS(=O)(=O)c1ccc2c(c1)CC(=O)N2. The van der Waals surface area contributed by atoms with E-state index in [-0.39, 0.29) is 30.2 Å². The summed E-state index contributed by atoms with van der Waals surface area (Å²) in [6.07, 6.45) is -0.141. The summed E-state index contributed by atoms with van der Waals surface area (Å²) in [5, 5.41) is 11.1. The lowest BCUT2D eigenvalue weighted by molar-refractivity contribution is -0.136. The number of sulfonamides is 1. The fourth-order valence-corrected chi connectivity index (χ4v) is 2.83. The lowest BCUT2D eigenvalue weighted by atomic mass is 10.2. The molecule has 1 aliphatic heterocycles. The number of benzene rings is 1. The minimum absolute atomic E-state index is 0.0214. The van der Waals surface area contributed by atoms with Gasteiger partial charge in [0.2, 0.25) is 15.9 Å². The van der Waals surface area contributed by atoms with Gasteiger partial charge in [-0.3, -0.25) is 9.59 Å². The number of carboxylic acids is 1. The predicted molar refractivity (Wildman–Crippen MR) is 66.2 cm³/mol. The lowest BCUT2D eigenvalue weighted by Gasteiger charge is -2.07. The van der Waals surface area contributed by atoms with E-state index in [0.29, 0.717) is 11.3 Å². The van der Waals surface area contributed by atoms with Gasteiger partial charge in [-0.1, -0.05) is 0 Å². The van der Waals surface area contributed by atoms with Crippen LogP contribution >= 0.6 is 0 Å². The summed E-state index contributed by atoms with van der Waals surface area (Å²) in [4.78, 5) is 21.5. The van der Waals surface area contributed by atoms with Gasteiger partial charge in [0.1, 0.15) is 0 Å². The Hall–Kier alpha value is -1.93. The molecular formula is C11H12N2O5S. The molecule has 0 atom stereocenters. The van der Waals surface area contributed by atoms with E-state index in [4.69, 9.17) is 5.11 Å². The van der Waals surface area contributed by atoms with E-state index >= 15 is 0 Å². The molecule has 0 fully saturated rings. The van der Waals surface area contributed by atoms with Gasteiger partial charge >= 0.3 is 5.97 Å². The number of carbonyl (C=O) groups is 2. The molecule has 1 aliphatic rings. The summed E-state index contributed by atoms with van der Waals surface area (Å²) in [5.74, 6) is -1.25. The summed E-state index contributed by atoms with van der Waals surface area (Å²) in [6.45, 7) is -0.175. The Morgan fingerprint density at radius 2 is 2.16 bits per heavy atom. The van der Waals surface area contributed by atoms with Crippen LogP contribution in [0.4, 0.5) is 5.69 Å². The minimum atomic E-state index is -3.75. The number of carboxylic acid groups (broad SMARTS) is 1. The van der Waals surface area contributed by atoms with Gasteiger partial charge in [0.15, 0.2) is 0 Å². The standard InChI is InChI=1S/C11H12N2O5S/c14-10-6-7-5-8(1-2-9(7)13-10)19(17,18)12-4-3-11(15)16/h1-2,5,12H,3-4,6H2,(H,13,14)(H,15,16). The molecule has 7 nitrogen and oxygen atoms in total. The maximum Gasteiger partial charge on any atom is 0.304 e. The van der Waals surface area contributed by atoms with Crippen molar-refractivity contribution in [3.8, 4) is 0 Å². The molecule has 3 N–H and O–H groups in total. The van der Waals surface area contributed by atoms with Gasteiger partial charge in [-0.25, -0.2) is 13.1 Å². The Morgan fingerprint density at radius 1 is 1.42 bits per heavy atom. The molecule has 0 radical (unpaired) electrons. The number of carbonyl (C=O) groups excluding carboxylic acids is 1. The number of rotatable bonds is 5. The first-order chi connectivity index (χ1) is 8.88. The highest BCUT2D eigenvalue weighted by Gasteiger charge is 2.21. The normalized spacial score (nSPS) is 14.0. The second kappa shape index (κ2) is 4.98. The van der Waals surface area contributed by atoms with Crippen molar-refractivity contribution in [2.24, 2.45) is 0 Å². The first-order valence-electron chi connectivity index (χ1n) is 5.53. The van der Waals surface area contributed by atoms with Crippen molar-refractivity contribution in [3.05, 3.63) is 23.8 Å². The smallest absolute Gasteiger partial charge is 0.304 e. The summed E-state index contributed by atoms with van der Waals surface area (Å²) in [7, 11) is -3.75. The molecule has 1 aromatic carbocycles. The molecule has 1 aromatic rings. The molecule has 2 rings (SSSR count). The van der Waals surface area contributed by atoms with Gasteiger partial charge < -0.3 is 10.4 Å². The highest BCUT2D eigenvalue weighted by molar-refractivity contribution is 7.89. The van der Waals surface area contributed by atoms with Crippen molar-refractivity contribution >= 4 is 27.6 Å². The first-order valence-corrected chi connectivity index (χ1v) is 7.01. The van der Waals surface area contributed by atoms with E-state index < -0.39 is 16.0 Å². The zero-order chi connectivity index (χ0) is 14.0. The van der Waals surface area contributed by atoms with Gasteiger partial charge in [-0.05, 0) is 23.8 Å². The molecule has 0 aliphatic carbocycles. The Labute approximate surface area is 109 Å². The molecule has 0 unspecified atom stereocenters. The van der Waals surface area contributed by atoms with Crippen molar-refractivity contribution in [2.45, 2.75) is 17.7 Å². The third-order valence-electron chi connectivity index (χ3n) is 2.64. The Bertz CT molecular complexity index is 638. The summed E-state index contributed by atoms with van der Waals surface area (Å²) >= 11 is 0. The summed E-state index contributed by atoms with van der Waals surface area (Å²) in [6, 6.07) is 4.30. The fourth-order valence-electron chi connectivity index (χ4n) is 1.75. The molecule has 0 saturated carbocycles. The van der Waals surface area contributed by atoms with E-state index in [1.165, 1.54) is 18.2 Å². The number of amides is 1. The van der Waals surface area contributed by atoms with Gasteiger partial charge in [0.25, 0.3) is 0 Å². The number of fused-ring (bicyclic) bond motifs is 1. The average Bonchev–Trinajstić information content (AvgIpc) is 2.67. The van der Waals surface area contributed by atoms with Crippen molar-refractivity contribution in [1.29, 1.82) is 0 Å². The van der Waals surface area contributed by atoms with E-state index in [0.717, 1.165) is 0 Å². The zero-order valence-electron chi connectivity index (χ0n) is 9.84. The maximum absolute atomic E-state index is 11.9. The van der Waals surface area contributed by atoms with Gasteiger partial charge in [-0.15, -0.1) is 0 Å². The van der Waals surface area contributed by atoms with Crippen molar-refractivity contribution in [1.82, 2.24) is 4.72 Å². The molecule has 0 aromatic heterocycles. The third kappa shape index (κ3) is 3.09. The van der Waals surface area contributed by atoms with E-state index in [2.05, 4.69) is 10.0 Å². The molecule has 1 heterocycles. The summed E-state index contributed by atoms with van der Waals surface area (Å²) in [5.41, 5.74) is 1.22. The molecule has 102 valence electrons. The third-order valence-corrected chi connectivity index (χ3v) is 4.10. The topological polar surface area (TPSA) is 113 Å². The number of anilines is 1. The zero-order valence-corrected chi connectivity index (χ0v) is 10.7. The van der Waals surface area contributed by atoms with Crippen LogP contribution in [0.3, 0.4) is 0 Å². The van der Waals surface area contributed by atoms with Crippen LogP contribution in [0, 0.1) is 0 Å². The van der Waals surface area contributed by atoms with E-state index in [1.807, 2.05) is 0 Å². The molecule has 0 bridgehead atoms. The van der Waals surface area contributed by atoms with Crippen LogP contribution in [0.1, 0.15) is 12.0 Å². The number of aliphatic carboxylic acids is 1. The van der Waals surface area contributed by atoms with Crippen molar-refractivity contribution in [2.75, 3.05) is 11.9 Å². The Balaban J connectivity index is 2.15. The Morgan fingerprint density at radius 3 is 2.84 bits per heavy atom. The fraction of sp³-hybridized carbons (Fsp3) is 0.273. The molecule has 8 heteroatoms. The van der Waals surface area contributed by atoms with Crippen LogP contribution < -0.4 is 10.0 Å². The molecule has 19 heavy (non-hydrogen) atoms. The Kier molecular flexibility index (Phi) is 3.54. The molecular weight excluding hydrogens is 272 g/mol. The second-order valence-corrected chi connectivity index (χ2v) is 5.85. The average molecular weight is 284 g/mol. The van der Waals surface area contributed by atoms with E-state index in [1.54, 1.807) is 0 Å². The van der Waals surface area contributed by atoms with Crippen LogP contribution in [0.15, 0.2) is 23.1 Å². The molecule has 0 spiro atoms. The second-order valence-electron chi connectivity index (χ2n) is 4.09. The van der Waals surface area contributed by atoms with Gasteiger partial charge in [0.05, 0.1) is 17.7 Å². The molecule has 1 amide bonds. The highest BCUT2D eigenvalue weighted by atomic mass is 32.2. The van der Waals surface area contributed by atoms with Crippen molar-refractivity contribution in [3.63, 3.8) is 0 Å². The highest BCUT2D eigenvalue weighted by Crippen LogP contribution is 2.25. The van der Waals surface area contributed by atoms with Crippen LogP contribution in [-0.4, -0.2) is 31.9 Å². The molecule has 0 saturated heterocycles. The lowest BCUT2D eigenvalue weighted by Crippen LogP contribution is -2.26. The largest absolute Gasteiger partial charge is 0.481 e. The minimum Gasteiger partial charge on any atom is -0.481 e. The van der Waals surface area contributed by atoms with Crippen molar-refractivity contribution < 1.29 is 23.1 Å². The number of hydrogen-bond acceptors (Lipinski definition) is 4. The summed E-state index contributed by atoms with van der Waals surface area (Å²) < 4.78 is 26.0. The van der Waals surface area contributed by atoms with Crippen LogP contribution in [-0.2, 0) is 26.0 Å².